The highest BCUT2D eigenvalue weighted by molar-refractivity contribution is 5.92. The molecule has 1 aliphatic rings. The largest absolute Gasteiger partial charge is 0.457 e. The van der Waals surface area contributed by atoms with Gasteiger partial charge in [-0.25, -0.2) is 4.98 Å². The van der Waals surface area contributed by atoms with Crippen molar-refractivity contribution in [3.8, 4) is 11.5 Å². The van der Waals surface area contributed by atoms with Crippen LogP contribution in [0.3, 0.4) is 0 Å². The van der Waals surface area contributed by atoms with Gasteiger partial charge in [-0.15, -0.1) is 0 Å². The first-order valence-corrected chi connectivity index (χ1v) is 13.9. The van der Waals surface area contributed by atoms with E-state index in [0.29, 0.717) is 29.7 Å². The molecule has 40 heavy (non-hydrogen) atoms. The van der Waals surface area contributed by atoms with Gasteiger partial charge in [-0.2, -0.15) is 0 Å². The summed E-state index contributed by atoms with van der Waals surface area (Å²) in [5.74, 6) is 2.19. The number of benzene rings is 2. The second-order valence-electron chi connectivity index (χ2n) is 10.9. The van der Waals surface area contributed by atoms with Crippen LogP contribution in [0.1, 0.15) is 44.2 Å². The number of aromatic nitrogens is 3. The number of nitrogens with zero attached hydrogens (tertiary/aromatic N) is 5. The van der Waals surface area contributed by atoms with Crippen molar-refractivity contribution in [1.82, 2.24) is 29.7 Å². The molecule has 1 aliphatic heterocycles. The number of hydrogen-bond acceptors (Lipinski definition) is 7. The summed E-state index contributed by atoms with van der Waals surface area (Å²) in [4.78, 5) is 26.5. The smallest absolute Gasteiger partial charge is 0.270 e. The van der Waals surface area contributed by atoms with E-state index in [0.717, 1.165) is 55.4 Å². The fraction of sp³-hybridized carbons (Fsp3) is 0.387. The lowest BCUT2D eigenvalue weighted by Gasteiger charge is -2.32. The Labute approximate surface area is 239 Å². The van der Waals surface area contributed by atoms with E-state index >= 15 is 0 Å². The van der Waals surface area contributed by atoms with Crippen molar-refractivity contribution >= 4 is 28.6 Å². The summed E-state index contributed by atoms with van der Waals surface area (Å²) >= 11 is 0. The Bertz CT molecular complexity index is 1500. The Morgan fingerprint density at radius 2 is 1.80 bits per heavy atom. The molecule has 9 heteroatoms. The Morgan fingerprint density at radius 3 is 2.58 bits per heavy atom. The predicted octanol–water partition coefficient (Wildman–Crippen LogP) is 5.41. The van der Waals surface area contributed by atoms with Crippen molar-refractivity contribution < 1.29 is 12.4 Å². The van der Waals surface area contributed by atoms with Gasteiger partial charge >= 0.3 is 0 Å². The highest BCUT2D eigenvalue weighted by Gasteiger charge is 2.15. The first kappa shape index (κ1) is 27.6. The number of likely N-dealkylation sites (N-methyl/N-ethyl adjacent to an activating group) is 1. The molecule has 0 bridgehead atoms. The lowest BCUT2D eigenvalue weighted by Crippen LogP contribution is -2.46. The van der Waals surface area contributed by atoms with Gasteiger partial charge in [0.15, 0.2) is 0 Å². The van der Waals surface area contributed by atoms with Gasteiger partial charge in [0.1, 0.15) is 17.2 Å². The fourth-order valence-corrected chi connectivity index (χ4v) is 5.05. The molecule has 214 valence electrons. The van der Waals surface area contributed by atoms with Crippen molar-refractivity contribution in [1.29, 1.82) is 0 Å². The Morgan fingerprint density at radius 1 is 1.02 bits per heavy atom. The second kappa shape index (κ2) is 12.1. The molecule has 0 saturated carbocycles. The molecule has 9 nitrogen and oxygen atoms in total. The van der Waals surface area contributed by atoms with Gasteiger partial charge in [0.25, 0.3) is 5.91 Å². The zero-order valence-electron chi connectivity index (χ0n) is 24.1. The summed E-state index contributed by atoms with van der Waals surface area (Å²) < 4.78 is 8.14. The van der Waals surface area contributed by atoms with E-state index in [-0.39, 0.29) is 8.76 Å². The second-order valence-corrected chi connectivity index (χ2v) is 10.9. The van der Waals surface area contributed by atoms with Crippen LogP contribution < -0.4 is 15.4 Å². The first-order valence-electron chi connectivity index (χ1n) is 13.9. The molecular weight excluding hydrogens is 502 g/mol. The molecule has 0 unspecified atom stereocenters. The number of amides is 1. The number of rotatable bonds is 9. The topological polar surface area (TPSA) is 87.6 Å². The van der Waals surface area contributed by atoms with E-state index in [2.05, 4.69) is 71.4 Å². The third-order valence-electron chi connectivity index (χ3n) is 7.52. The monoisotopic (exact) mass is 545 g/mol. The van der Waals surface area contributed by atoms with Gasteiger partial charge in [-0.1, -0.05) is 19.9 Å². The summed E-state index contributed by atoms with van der Waals surface area (Å²) in [7, 11) is 4.13. The van der Waals surface area contributed by atoms with Crippen LogP contribution in [0.5, 0.6) is 11.5 Å². The number of anilines is 2. The Kier molecular flexibility index (Phi) is 8.32. The van der Waals surface area contributed by atoms with E-state index in [1.54, 1.807) is 18.3 Å². The lowest BCUT2D eigenvalue weighted by molar-refractivity contribution is 0.0935. The summed E-state index contributed by atoms with van der Waals surface area (Å²) in [6, 6.07) is 15.6. The maximum Gasteiger partial charge on any atom is 0.270 e. The third-order valence-corrected chi connectivity index (χ3v) is 7.52. The summed E-state index contributed by atoms with van der Waals surface area (Å²) in [5, 5.41) is 6.45. The van der Waals surface area contributed by atoms with Crippen molar-refractivity contribution in [3.63, 3.8) is 0 Å². The van der Waals surface area contributed by atoms with Crippen LogP contribution in [0.25, 0.3) is 11.0 Å². The number of carbonyl (C=O) groups is 1. The predicted molar refractivity (Wildman–Crippen MR) is 164 cm³/mol. The lowest BCUT2D eigenvalue weighted by atomic mass is 9.97. The van der Waals surface area contributed by atoms with Crippen LogP contribution in [-0.2, 0) is 7.05 Å². The molecule has 2 aromatic heterocycles. The standard InChI is InChI=1S/C31H39N7O2.2H2/c1-21(2)26-18-23(7-6-22(26)3)34-31-35-27-19-24(8-9-29(27)37(31)5)40-25-10-11-32-28(20-25)30(39)33-12-13-38-16-14-36(4)15-17-38;;/h6-11,18-21H,12-17H2,1-5H3,(H,33,39)(H,34,35);2*1H. The molecule has 3 heterocycles. The van der Waals surface area contributed by atoms with E-state index in [1.807, 2.05) is 29.8 Å². The number of imidazole rings is 1. The van der Waals surface area contributed by atoms with Gasteiger partial charge in [-0.3, -0.25) is 14.7 Å². The maximum atomic E-state index is 12.7. The fourth-order valence-electron chi connectivity index (χ4n) is 5.05. The molecule has 5 rings (SSSR count). The molecule has 4 aromatic rings. The van der Waals surface area contributed by atoms with Crippen LogP contribution in [0.4, 0.5) is 11.6 Å². The quantitative estimate of drug-likeness (QED) is 0.291. The normalized spacial score (nSPS) is 14.6. The molecule has 1 amide bonds. The molecule has 2 N–H and O–H groups in total. The minimum absolute atomic E-state index is 0. The molecule has 0 atom stereocenters. The van der Waals surface area contributed by atoms with Crippen molar-refractivity contribution in [2.45, 2.75) is 26.7 Å². The van der Waals surface area contributed by atoms with Gasteiger partial charge in [-0.05, 0) is 61.3 Å². The van der Waals surface area contributed by atoms with E-state index < -0.39 is 0 Å². The number of carbonyl (C=O) groups excluding carboxylic acids is 1. The summed E-state index contributed by atoms with van der Waals surface area (Å²) in [5.41, 5.74) is 5.75. The van der Waals surface area contributed by atoms with Crippen LogP contribution >= 0.6 is 0 Å². The summed E-state index contributed by atoms with van der Waals surface area (Å²) in [6.07, 6.45) is 1.60. The number of ether oxygens (including phenoxy) is 1. The van der Waals surface area contributed by atoms with E-state index in [4.69, 9.17) is 9.72 Å². The minimum atomic E-state index is -0.202. The highest BCUT2D eigenvalue weighted by Crippen LogP contribution is 2.29. The number of piperazine rings is 1. The highest BCUT2D eigenvalue weighted by atomic mass is 16.5. The van der Waals surface area contributed by atoms with Crippen LogP contribution in [-0.4, -0.2) is 76.6 Å². The van der Waals surface area contributed by atoms with Crippen LogP contribution in [0.15, 0.2) is 54.7 Å². The minimum Gasteiger partial charge on any atom is -0.457 e. The van der Waals surface area contributed by atoms with Crippen molar-refractivity contribution in [2.75, 3.05) is 51.6 Å². The molecule has 1 fully saturated rings. The van der Waals surface area contributed by atoms with E-state index in [1.165, 1.54) is 11.1 Å². The summed E-state index contributed by atoms with van der Waals surface area (Å²) in [6.45, 7) is 12.1. The first-order chi connectivity index (χ1) is 19.3. The maximum absolute atomic E-state index is 12.7. The van der Waals surface area contributed by atoms with Gasteiger partial charge in [0.2, 0.25) is 5.95 Å². The average molecular weight is 546 g/mol. The SMILES string of the molecule is Cc1ccc(Nc2nc3cc(Oc4ccnc(C(=O)NCCN5CCN(C)CC5)c4)ccc3n2C)cc1C(C)C.[HH].[HH]. The van der Waals surface area contributed by atoms with Crippen LogP contribution in [0, 0.1) is 6.92 Å². The van der Waals surface area contributed by atoms with Gasteiger partial charge < -0.3 is 24.8 Å². The number of fused-ring (bicyclic) bond motifs is 1. The van der Waals surface area contributed by atoms with Gasteiger partial charge in [0.05, 0.1) is 11.0 Å². The molecular formula is C31H43N7O2. The Balaban J connectivity index is 0.00000242. The van der Waals surface area contributed by atoms with E-state index in [9.17, 15) is 4.79 Å². The van der Waals surface area contributed by atoms with Gasteiger partial charge in [0, 0.05) is 73.2 Å². The van der Waals surface area contributed by atoms with Crippen LogP contribution in [0.2, 0.25) is 0 Å². The number of aryl methyl sites for hydroxylation is 2. The Hall–Kier alpha value is -3.95. The molecule has 0 aliphatic carbocycles. The number of pyridine rings is 1. The number of nitrogens with one attached hydrogen (secondary N) is 2. The third kappa shape index (κ3) is 6.43. The molecule has 2 aromatic carbocycles. The average Bonchev–Trinajstić information content (AvgIpc) is 3.24. The zero-order chi connectivity index (χ0) is 28.2. The molecule has 1 saturated heterocycles. The van der Waals surface area contributed by atoms with Crippen molar-refractivity contribution in [3.05, 3.63) is 71.5 Å². The molecule has 0 radical (unpaired) electrons. The van der Waals surface area contributed by atoms with Crippen molar-refractivity contribution in [2.24, 2.45) is 7.05 Å². The number of hydrogen-bond donors (Lipinski definition) is 2. The zero-order valence-corrected chi connectivity index (χ0v) is 24.1. The molecule has 0 spiro atoms.